The molecule has 0 fully saturated rings. The second-order valence-electron chi connectivity index (χ2n) is 2.61. The van der Waals surface area contributed by atoms with E-state index in [0.717, 1.165) is 11.3 Å². The van der Waals surface area contributed by atoms with Crippen LogP contribution in [0.5, 0.6) is 0 Å². The Morgan fingerprint density at radius 3 is 2.53 bits per heavy atom. The summed E-state index contributed by atoms with van der Waals surface area (Å²) < 4.78 is 24.2. The molecule has 1 rings (SSSR count). The van der Waals surface area contributed by atoms with Crippen LogP contribution in [0.1, 0.15) is 0 Å². The highest BCUT2D eigenvalue weighted by Gasteiger charge is 2.33. The van der Waals surface area contributed by atoms with E-state index in [4.69, 9.17) is 5.11 Å². The lowest BCUT2D eigenvalue weighted by atomic mass is 10.6. The number of halogens is 1. The van der Waals surface area contributed by atoms with Crippen molar-refractivity contribution in [3.8, 4) is 0 Å². The maximum absolute atomic E-state index is 11.8. The van der Waals surface area contributed by atoms with Crippen molar-refractivity contribution in [2.75, 3.05) is 7.05 Å². The first kappa shape index (κ1) is 12.6. The number of sulfone groups is 1. The van der Waals surface area contributed by atoms with Gasteiger partial charge >= 0.3 is 5.97 Å². The van der Waals surface area contributed by atoms with Gasteiger partial charge < -0.3 is 5.11 Å². The minimum Gasteiger partial charge on any atom is -0.479 e. The molecule has 15 heavy (non-hydrogen) atoms. The largest absolute Gasteiger partial charge is 0.479 e. The zero-order valence-electron chi connectivity index (χ0n) is 7.60. The van der Waals surface area contributed by atoms with Gasteiger partial charge in [-0.2, -0.15) is 0 Å². The normalized spacial score (nSPS) is 13.7. The Labute approximate surface area is 99.2 Å². The standard InChI is InChI=1S/C7H8BrNO4S2/c1-9-6(7(10)11)15(12,13)5-3-2-4(8)14-5/h2-3,6,9H,1H3,(H,10,11). The molecule has 1 atom stereocenters. The van der Waals surface area contributed by atoms with Gasteiger partial charge in [0.2, 0.25) is 15.2 Å². The van der Waals surface area contributed by atoms with Gasteiger partial charge in [-0.05, 0) is 35.1 Å². The molecule has 8 heteroatoms. The second kappa shape index (κ2) is 4.60. The fraction of sp³-hybridized carbons (Fsp3) is 0.286. The average Bonchev–Trinajstić information content (AvgIpc) is 2.52. The Balaban J connectivity index is 3.17. The van der Waals surface area contributed by atoms with Crippen LogP contribution in [0.15, 0.2) is 20.1 Å². The van der Waals surface area contributed by atoms with Gasteiger partial charge in [-0.25, -0.2) is 13.2 Å². The van der Waals surface area contributed by atoms with Crippen LogP contribution >= 0.6 is 27.3 Å². The topological polar surface area (TPSA) is 83.5 Å². The summed E-state index contributed by atoms with van der Waals surface area (Å²) in [6.07, 6.45) is 0. The highest BCUT2D eigenvalue weighted by molar-refractivity contribution is 9.11. The van der Waals surface area contributed by atoms with Crippen LogP contribution in [0, 0.1) is 0 Å². The average molecular weight is 314 g/mol. The quantitative estimate of drug-likeness (QED) is 0.863. The molecule has 0 aliphatic carbocycles. The Bertz CT molecular complexity index is 467. The van der Waals surface area contributed by atoms with E-state index in [-0.39, 0.29) is 4.21 Å². The van der Waals surface area contributed by atoms with Gasteiger partial charge in [-0.1, -0.05) is 0 Å². The van der Waals surface area contributed by atoms with Gasteiger partial charge in [0.15, 0.2) is 0 Å². The van der Waals surface area contributed by atoms with E-state index in [9.17, 15) is 13.2 Å². The van der Waals surface area contributed by atoms with Gasteiger partial charge in [0.1, 0.15) is 4.21 Å². The summed E-state index contributed by atoms with van der Waals surface area (Å²) in [5.74, 6) is -1.41. The van der Waals surface area contributed by atoms with E-state index in [1.807, 2.05) is 0 Å². The minimum absolute atomic E-state index is 0.0242. The zero-order chi connectivity index (χ0) is 11.6. The van der Waals surface area contributed by atoms with E-state index < -0.39 is 21.2 Å². The smallest absolute Gasteiger partial charge is 0.336 e. The molecular weight excluding hydrogens is 306 g/mol. The number of carboxylic acids is 1. The first-order valence-electron chi connectivity index (χ1n) is 3.79. The first-order valence-corrected chi connectivity index (χ1v) is 6.94. The molecule has 0 saturated heterocycles. The molecule has 84 valence electrons. The Morgan fingerprint density at radius 1 is 1.60 bits per heavy atom. The van der Waals surface area contributed by atoms with E-state index >= 15 is 0 Å². The highest BCUT2D eigenvalue weighted by atomic mass is 79.9. The second-order valence-corrected chi connectivity index (χ2v) is 7.33. The zero-order valence-corrected chi connectivity index (χ0v) is 10.8. The van der Waals surface area contributed by atoms with Gasteiger partial charge in [-0.3, -0.25) is 5.32 Å². The molecule has 1 heterocycles. The molecule has 5 nitrogen and oxygen atoms in total. The summed E-state index contributed by atoms with van der Waals surface area (Å²) in [5.41, 5.74) is 0. The predicted molar refractivity (Wildman–Crippen MR) is 59.7 cm³/mol. The number of rotatable bonds is 4. The van der Waals surface area contributed by atoms with Gasteiger partial charge in [-0.15, -0.1) is 11.3 Å². The van der Waals surface area contributed by atoms with Crippen LogP contribution in [0.4, 0.5) is 0 Å². The van der Waals surface area contributed by atoms with Crippen molar-refractivity contribution in [3.05, 3.63) is 15.9 Å². The van der Waals surface area contributed by atoms with Crippen molar-refractivity contribution in [1.82, 2.24) is 5.32 Å². The third-order valence-electron chi connectivity index (χ3n) is 1.63. The highest BCUT2D eigenvalue weighted by Crippen LogP contribution is 2.28. The monoisotopic (exact) mass is 313 g/mol. The summed E-state index contributed by atoms with van der Waals surface area (Å²) in [5, 5.41) is 9.37. The van der Waals surface area contributed by atoms with E-state index in [1.165, 1.54) is 13.1 Å². The number of carbonyl (C=O) groups is 1. The Kier molecular flexibility index (Phi) is 3.87. The number of thiophene rings is 1. The molecule has 2 N–H and O–H groups in total. The van der Waals surface area contributed by atoms with Crippen molar-refractivity contribution in [3.63, 3.8) is 0 Å². The van der Waals surface area contributed by atoms with Crippen molar-refractivity contribution < 1.29 is 18.3 Å². The van der Waals surface area contributed by atoms with Gasteiger partial charge in [0, 0.05) is 0 Å². The molecule has 0 aliphatic heterocycles. The van der Waals surface area contributed by atoms with Crippen LogP contribution in [-0.2, 0) is 14.6 Å². The Morgan fingerprint density at radius 2 is 2.20 bits per heavy atom. The number of aliphatic carboxylic acids is 1. The molecule has 0 amide bonds. The Hall–Kier alpha value is -0.440. The molecule has 0 aliphatic rings. The predicted octanol–water partition coefficient (Wildman–Crippen LogP) is 0.914. The summed E-state index contributed by atoms with van der Waals surface area (Å²) >= 11 is 4.10. The third-order valence-corrected chi connectivity index (χ3v) is 5.75. The maximum atomic E-state index is 11.8. The summed E-state index contributed by atoms with van der Waals surface area (Å²) in [6, 6.07) is 2.93. The summed E-state index contributed by atoms with van der Waals surface area (Å²) in [4.78, 5) is 10.7. The number of likely N-dealkylation sites (N-methyl/N-ethyl adjacent to an activating group) is 1. The van der Waals surface area contributed by atoms with Crippen LogP contribution in [0.3, 0.4) is 0 Å². The van der Waals surface area contributed by atoms with Crippen LogP contribution in [0.25, 0.3) is 0 Å². The van der Waals surface area contributed by atoms with Crippen LogP contribution in [0.2, 0.25) is 0 Å². The third kappa shape index (κ3) is 2.57. The molecular formula is C7H8BrNO4S2. The van der Waals surface area contributed by atoms with E-state index in [1.54, 1.807) is 6.07 Å². The molecule has 0 radical (unpaired) electrons. The van der Waals surface area contributed by atoms with Crippen molar-refractivity contribution in [2.45, 2.75) is 9.58 Å². The van der Waals surface area contributed by atoms with Crippen molar-refractivity contribution >= 4 is 43.1 Å². The number of nitrogens with one attached hydrogen (secondary N) is 1. The minimum atomic E-state index is -3.85. The van der Waals surface area contributed by atoms with Crippen molar-refractivity contribution in [1.29, 1.82) is 0 Å². The van der Waals surface area contributed by atoms with E-state index in [2.05, 4.69) is 21.2 Å². The lowest BCUT2D eigenvalue weighted by Gasteiger charge is -2.10. The fourth-order valence-electron chi connectivity index (χ4n) is 0.978. The van der Waals surface area contributed by atoms with Gasteiger partial charge in [0.25, 0.3) is 0 Å². The molecule has 1 unspecified atom stereocenters. The lowest BCUT2D eigenvalue weighted by Crippen LogP contribution is -2.40. The molecule has 0 saturated carbocycles. The molecule has 1 aromatic rings. The van der Waals surface area contributed by atoms with Crippen LogP contribution < -0.4 is 5.32 Å². The van der Waals surface area contributed by atoms with E-state index in [0.29, 0.717) is 3.79 Å². The molecule has 0 spiro atoms. The SMILES string of the molecule is CNC(C(=O)O)S(=O)(=O)c1ccc(Br)s1. The first-order chi connectivity index (χ1) is 6.89. The number of carboxylic acid groups (broad SMARTS) is 1. The summed E-state index contributed by atoms with van der Waals surface area (Å²) in [7, 11) is -2.56. The molecule has 0 bridgehead atoms. The summed E-state index contributed by atoms with van der Waals surface area (Å²) in [6.45, 7) is 0. The number of hydrogen-bond donors (Lipinski definition) is 2. The lowest BCUT2D eigenvalue weighted by molar-refractivity contribution is -0.137. The van der Waals surface area contributed by atoms with Crippen molar-refractivity contribution in [2.24, 2.45) is 0 Å². The fourth-order valence-corrected chi connectivity index (χ4v) is 4.51. The molecule has 1 aromatic heterocycles. The molecule has 0 aromatic carbocycles. The maximum Gasteiger partial charge on any atom is 0.336 e. The van der Waals surface area contributed by atoms with Gasteiger partial charge in [0.05, 0.1) is 3.79 Å². The van der Waals surface area contributed by atoms with Crippen LogP contribution in [-0.4, -0.2) is 31.9 Å². The number of hydrogen-bond acceptors (Lipinski definition) is 5.